The number of aliphatic imine (C=N–C) groups is 1. The number of nitrogens with zero attached hydrogens (tertiary/aromatic N) is 1. The third-order valence-corrected chi connectivity index (χ3v) is 4.27. The van der Waals surface area contributed by atoms with Crippen LogP contribution in [0.25, 0.3) is 0 Å². The summed E-state index contributed by atoms with van der Waals surface area (Å²) < 4.78 is 5.56. The zero-order valence-electron chi connectivity index (χ0n) is 15.2. The summed E-state index contributed by atoms with van der Waals surface area (Å²) in [4.78, 5) is 5.43. The second-order valence-corrected chi connectivity index (χ2v) is 7.14. The van der Waals surface area contributed by atoms with Gasteiger partial charge in [0.05, 0.1) is 6.54 Å². The molecule has 0 aliphatic carbocycles. The fraction of sp³-hybridized carbons (Fsp3) is 0.706. The first-order valence-corrected chi connectivity index (χ1v) is 9.20. The van der Waals surface area contributed by atoms with Crippen molar-refractivity contribution >= 4 is 41.3 Å². The van der Waals surface area contributed by atoms with Gasteiger partial charge in [0.1, 0.15) is 5.60 Å². The molecule has 0 aliphatic rings. The average molecular weight is 469 g/mol. The van der Waals surface area contributed by atoms with Crippen LogP contribution in [0.4, 0.5) is 0 Å². The molecule has 0 saturated carbocycles. The van der Waals surface area contributed by atoms with E-state index in [1.165, 1.54) is 0 Å². The quantitative estimate of drug-likeness (QED) is 0.213. The minimum atomic E-state index is -0.934. The van der Waals surface area contributed by atoms with E-state index in [-0.39, 0.29) is 24.0 Å². The number of halogens is 1. The lowest BCUT2D eigenvalue weighted by atomic mass is 10.1. The van der Waals surface area contributed by atoms with E-state index >= 15 is 0 Å². The molecule has 0 spiro atoms. The van der Waals surface area contributed by atoms with Crippen molar-refractivity contribution in [2.75, 3.05) is 32.8 Å². The van der Waals surface area contributed by atoms with E-state index in [4.69, 9.17) is 4.74 Å². The molecule has 1 atom stereocenters. The first-order valence-electron chi connectivity index (χ1n) is 8.32. The lowest BCUT2D eigenvalue weighted by Gasteiger charge is -2.20. The van der Waals surface area contributed by atoms with Crippen LogP contribution in [0.1, 0.15) is 39.0 Å². The van der Waals surface area contributed by atoms with Crippen molar-refractivity contribution in [1.29, 1.82) is 0 Å². The van der Waals surface area contributed by atoms with Crippen LogP contribution in [0.15, 0.2) is 22.5 Å². The number of guanidine groups is 1. The number of ether oxygens (including phenoxy) is 1. The molecule has 140 valence electrons. The van der Waals surface area contributed by atoms with E-state index in [9.17, 15) is 5.11 Å². The summed E-state index contributed by atoms with van der Waals surface area (Å²) in [6.07, 6.45) is 0.929. The Bertz CT molecular complexity index is 451. The molecule has 0 fully saturated rings. The minimum Gasteiger partial charge on any atom is -0.383 e. The molecule has 1 rings (SSSR count). The summed E-state index contributed by atoms with van der Waals surface area (Å²) in [5.41, 5.74) is -0.934. The zero-order chi connectivity index (χ0) is 17.1. The van der Waals surface area contributed by atoms with Crippen LogP contribution in [-0.2, 0) is 10.3 Å². The van der Waals surface area contributed by atoms with Gasteiger partial charge in [0.25, 0.3) is 0 Å². The molecule has 24 heavy (non-hydrogen) atoms. The van der Waals surface area contributed by atoms with Crippen LogP contribution in [0, 0.1) is 5.92 Å². The molecule has 0 saturated heterocycles. The summed E-state index contributed by atoms with van der Waals surface area (Å²) in [6.45, 7) is 11.6. The normalized spacial score (nSPS) is 14.2. The topological polar surface area (TPSA) is 65.9 Å². The van der Waals surface area contributed by atoms with Gasteiger partial charge in [0.2, 0.25) is 0 Å². The minimum absolute atomic E-state index is 0. The smallest absolute Gasteiger partial charge is 0.191 e. The van der Waals surface area contributed by atoms with Crippen LogP contribution < -0.4 is 10.6 Å². The molecule has 1 aromatic heterocycles. The number of hydrogen-bond donors (Lipinski definition) is 3. The number of thiophene rings is 1. The van der Waals surface area contributed by atoms with Gasteiger partial charge in [-0.15, -0.1) is 35.3 Å². The highest BCUT2D eigenvalue weighted by molar-refractivity contribution is 14.0. The van der Waals surface area contributed by atoms with E-state index in [2.05, 4.69) is 29.5 Å². The average Bonchev–Trinajstić information content (AvgIpc) is 3.03. The van der Waals surface area contributed by atoms with Crippen molar-refractivity contribution in [3.8, 4) is 0 Å². The molecule has 0 radical (unpaired) electrons. The Morgan fingerprint density at radius 1 is 1.42 bits per heavy atom. The summed E-state index contributed by atoms with van der Waals surface area (Å²) >= 11 is 1.55. The molecule has 1 aromatic rings. The Morgan fingerprint density at radius 3 is 2.75 bits per heavy atom. The van der Waals surface area contributed by atoms with Crippen LogP contribution in [0.5, 0.6) is 0 Å². The monoisotopic (exact) mass is 469 g/mol. The fourth-order valence-electron chi connectivity index (χ4n) is 1.94. The van der Waals surface area contributed by atoms with Crippen LogP contribution in [0.3, 0.4) is 0 Å². The van der Waals surface area contributed by atoms with Gasteiger partial charge in [-0.25, -0.2) is 4.99 Å². The molecule has 7 heteroatoms. The van der Waals surface area contributed by atoms with Crippen LogP contribution in [0.2, 0.25) is 0 Å². The Kier molecular flexibility index (Phi) is 12.7. The van der Waals surface area contributed by atoms with Crippen molar-refractivity contribution in [1.82, 2.24) is 10.6 Å². The fourth-order valence-corrected chi connectivity index (χ4v) is 2.72. The van der Waals surface area contributed by atoms with Crippen molar-refractivity contribution in [3.05, 3.63) is 22.4 Å². The van der Waals surface area contributed by atoms with E-state index in [0.717, 1.165) is 43.6 Å². The number of nitrogens with one attached hydrogen (secondary N) is 2. The highest BCUT2D eigenvalue weighted by Gasteiger charge is 2.23. The predicted molar refractivity (Wildman–Crippen MR) is 114 cm³/mol. The van der Waals surface area contributed by atoms with Gasteiger partial charge in [0, 0.05) is 31.2 Å². The summed E-state index contributed by atoms with van der Waals surface area (Å²) in [7, 11) is 0. The van der Waals surface area contributed by atoms with Crippen molar-refractivity contribution in [3.63, 3.8) is 0 Å². The van der Waals surface area contributed by atoms with Gasteiger partial charge < -0.3 is 20.5 Å². The molecule has 3 N–H and O–H groups in total. The van der Waals surface area contributed by atoms with E-state index in [0.29, 0.717) is 12.5 Å². The Hall–Kier alpha value is -0.380. The highest BCUT2D eigenvalue weighted by Crippen LogP contribution is 2.25. The lowest BCUT2D eigenvalue weighted by molar-refractivity contribution is 0.0711. The second-order valence-electron chi connectivity index (χ2n) is 6.20. The first-order chi connectivity index (χ1) is 11.0. The van der Waals surface area contributed by atoms with E-state index < -0.39 is 5.60 Å². The SMILES string of the molecule is CCNC(=NCC(C)(O)c1cccs1)NCCCOCC(C)C.I. The Labute approximate surface area is 167 Å². The second kappa shape index (κ2) is 12.9. The van der Waals surface area contributed by atoms with Crippen LogP contribution in [-0.4, -0.2) is 43.9 Å². The molecule has 0 aliphatic heterocycles. The Morgan fingerprint density at radius 2 is 2.17 bits per heavy atom. The number of hydrogen-bond acceptors (Lipinski definition) is 4. The molecule has 1 heterocycles. The predicted octanol–water partition coefficient (Wildman–Crippen LogP) is 3.19. The molecule has 1 unspecified atom stereocenters. The Balaban J connectivity index is 0.00000529. The number of aliphatic hydroxyl groups is 1. The third kappa shape index (κ3) is 9.80. The third-order valence-electron chi connectivity index (χ3n) is 3.15. The van der Waals surface area contributed by atoms with Crippen molar-refractivity contribution in [2.45, 2.75) is 39.7 Å². The molecular formula is C17H32IN3O2S. The van der Waals surface area contributed by atoms with E-state index in [1.807, 2.05) is 24.4 Å². The van der Waals surface area contributed by atoms with Gasteiger partial charge in [0.15, 0.2) is 5.96 Å². The van der Waals surface area contributed by atoms with Gasteiger partial charge >= 0.3 is 0 Å². The summed E-state index contributed by atoms with van der Waals surface area (Å²) in [5, 5.41) is 19.0. The van der Waals surface area contributed by atoms with Gasteiger partial charge in [-0.3, -0.25) is 0 Å². The summed E-state index contributed by atoms with van der Waals surface area (Å²) in [6, 6.07) is 3.88. The van der Waals surface area contributed by atoms with Gasteiger partial charge in [-0.2, -0.15) is 0 Å². The molecule has 0 bridgehead atoms. The lowest BCUT2D eigenvalue weighted by Crippen LogP contribution is -2.39. The summed E-state index contributed by atoms with van der Waals surface area (Å²) in [5.74, 6) is 1.30. The highest BCUT2D eigenvalue weighted by atomic mass is 127. The van der Waals surface area contributed by atoms with E-state index in [1.54, 1.807) is 18.3 Å². The largest absolute Gasteiger partial charge is 0.383 e. The standard InChI is InChI=1S/C17H31N3O2S.HI/c1-5-18-16(19-9-7-10-22-12-14(2)3)20-13-17(4,21)15-8-6-11-23-15;/h6,8,11,14,21H,5,7,9-10,12-13H2,1-4H3,(H2,18,19,20);1H. The van der Waals surface area contributed by atoms with Gasteiger partial charge in [-0.1, -0.05) is 19.9 Å². The molecule has 0 amide bonds. The number of rotatable bonds is 10. The maximum absolute atomic E-state index is 10.5. The van der Waals surface area contributed by atoms with Crippen molar-refractivity contribution in [2.24, 2.45) is 10.9 Å². The van der Waals surface area contributed by atoms with Crippen molar-refractivity contribution < 1.29 is 9.84 Å². The molecule has 5 nitrogen and oxygen atoms in total. The van der Waals surface area contributed by atoms with Gasteiger partial charge in [-0.05, 0) is 37.6 Å². The molecule has 0 aromatic carbocycles. The first kappa shape index (κ1) is 23.6. The van der Waals surface area contributed by atoms with Crippen LogP contribution >= 0.6 is 35.3 Å². The maximum atomic E-state index is 10.5. The molecular weight excluding hydrogens is 437 g/mol. The maximum Gasteiger partial charge on any atom is 0.191 e. The zero-order valence-corrected chi connectivity index (χ0v) is 18.3.